The van der Waals surface area contributed by atoms with Crippen molar-refractivity contribution in [2.24, 2.45) is 0 Å². The van der Waals surface area contributed by atoms with Crippen molar-refractivity contribution in [1.82, 2.24) is 0 Å². The van der Waals surface area contributed by atoms with Crippen molar-refractivity contribution in [3.63, 3.8) is 0 Å². The number of aryl methyl sites for hydroxylation is 1. The number of benzene rings is 3. The molecule has 0 aliphatic heterocycles. The van der Waals surface area contributed by atoms with Gasteiger partial charge in [-0.15, -0.1) is 0 Å². The van der Waals surface area contributed by atoms with E-state index >= 15 is 0 Å². The second-order valence-corrected chi connectivity index (χ2v) is 7.14. The molecule has 3 rings (SSSR count). The first-order valence-electron chi connectivity index (χ1n) is 8.94. The van der Waals surface area contributed by atoms with Gasteiger partial charge in [-0.3, -0.25) is 0 Å². The Bertz CT molecular complexity index is 923. The summed E-state index contributed by atoms with van der Waals surface area (Å²) in [6.07, 6.45) is 0. The highest BCUT2D eigenvalue weighted by Crippen LogP contribution is 2.33. The van der Waals surface area contributed by atoms with Gasteiger partial charge in [0.25, 0.3) is 0 Å². The molecule has 0 spiro atoms. The Morgan fingerprint density at radius 2 is 1.37 bits per heavy atom. The van der Waals surface area contributed by atoms with E-state index in [9.17, 15) is 4.79 Å². The predicted molar refractivity (Wildman–Crippen MR) is 108 cm³/mol. The number of methoxy groups -OCH3 is 1. The zero-order valence-corrected chi connectivity index (χ0v) is 16.2. The maximum Gasteiger partial charge on any atom is 0.343 e. The van der Waals surface area contributed by atoms with Crippen molar-refractivity contribution in [3.8, 4) is 11.5 Å². The molecule has 0 atom stereocenters. The van der Waals surface area contributed by atoms with Crippen LogP contribution in [0, 0.1) is 6.92 Å². The van der Waals surface area contributed by atoms with Crippen LogP contribution >= 0.6 is 0 Å². The van der Waals surface area contributed by atoms with Gasteiger partial charge in [-0.2, -0.15) is 0 Å². The number of carbonyl (C=O) groups excluding carboxylic acids is 1. The molecule has 3 heteroatoms. The molecule has 3 nitrogen and oxygen atoms in total. The van der Waals surface area contributed by atoms with Crippen LogP contribution in [0.25, 0.3) is 0 Å². The quantitative estimate of drug-likeness (QED) is 0.442. The Labute approximate surface area is 160 Å². The number of ether oxygens (including phenoxy) is 2. The zero-order chi connectivity index (χ0) is 19.4. The van der Waals surface area contributed by atoms with E-state index in [1.807, 2.05) is 61.5 Å². The fourth-order valence-electron chi connectivity index (χ4n) is 3.05. The van der Waals surface area contributed by atoms with Crippen LogP contribution in [-0.4, -0.2) is 13.1 Å². The van der Waals surface area contributed by atoms with E-state index in [0.29, 0.717) is 11.3 Å². The highest BCUT2D eigenvalue weighted by Gasteiger charge is 2.23. The molecule has 0 saturated heterocycles. The average molecular weight is 360 g/mol. The summed E-state index contributed by atoms with van der Waals surface area (Å²) < 4.78 is 10.7. The lowest BCUT2D eigenvalue weighted by Crippen LogP contribution is -2.18. The molecule has 0 heterocycles. The fourth-order valence-corrected chi connectivity index (χ4v) is 3.05. The lowest BCUT2D eigenvalue weighted by molar-refractivity contribution is 0.0734. The Kier molecular flexibility index (Phi) is 5.31. The summed E-state index contributed by atoms with van der Waals surface area (Å²) >= 11 is 0. The van der Waals surface area contributed by atoms with Gasteiger partial charge in [-0.1, -0.05) is 55.8 Å². The molecule has 0 unspecified atom stereocenters. The molecule has 0 aliphatic rings. The van der Waals surface area contributed by atoms with Gasteiger partial charge in [-0.05, 0) is 54.4 Å². The van der Waals surface area contributed by atoms with Crippen LogP contribution in [-0.2, 0) is 5.41 Å². The summed E-state index contributed by atoms with van der Waals surface area (Å²) in [6, 6.07) is 23.2. The molecule has 3 aromatic rings. The molecule has 0 bridgehead atoms. The second kappa shape index (κ2) is 7.67. The van der Waals surface area contributed by atoms with Gasteiger partial charge in [0.2, 0.25) is 0 Å². The summed E-state index contributed by atoms with van der Waals surface area (Å²) in [7, 11) is 1.66. The van der Waals surface area contributed by atoms with Crippen LogP contribution in [0.2, 0.25) is 0 Å². The molecule has 3 aromatic carbocycles. The Balaban J connectivity index is 1.76. The van der Waals surface area contributed by atoms with E-state index in [1.165, 1.54) is 5.56 Å². The molecule has 27 heavy (non-hydrogen) atoms. The molecular weight excluding hydrogens is 336 g/mol. The van der Waals surface area contributed by atoms with Crippen LogP contribution < -0.4 is 9.47 Å². The summed E-state index contributed by atoms with van der Waals surface area (Å²) in [4.78, 5) is 12.3. The molecule has 0 fully saturated rings. The van der Waals surface area contributed by atoms with E-state index in [4.69, 9.17) is 9.47 Å². The van der Waals surface area contributed by atoms with Crippen molar-refractivity contribution in [2.75, 3.05) is 7.11 Å². The summed E-state index contributed by atoms with van der Waals surface area (Å²) in [5, 5.41) is 0. The third-order valence-electron chi connectivity index (χ3n) is 4.85. The fraction of sp³-hybridized carbons (Fsp3) is 0.208. The van der Waals surface area contributed by atoms with Crippen molar-refractivity contribution in [3.05, 3.63) is 95.1 Å². The highest BCUT2D eigenvalue weighted by molar-refractivity contribution is 5.91. The predicted octanol–water partition coefficient (Wildman–Crippen LogP) is 5.55. The van der Waals surface area contributed by atoms with Crippen LogP contribution in [0.4, 0.5) is 0 Å². The number of rotatable bonds is 5. The van der Waals surface area contributed by atoms with Gasteiger partial charge in [0.15, 0.2) is 0 Å². The van der Waals surface area contributed by atoms with Gasteiger partial charge in [0, 0.05) is 5.41 Å². The zero-order valence-electron chi connectivity index (χ0n) is 16.2. The van der Waals surface area contributed by atoms with Gasteiger partial charge >= 0.3 is 5.97 Å². The lowest BCUT2D eigenvalue weighted by atomic mass is 9.78. The van der Waals surface area contributed by atoms with E-state index in [1.54, 1.807) is 13.2 Å². The largest absolute Gasteiger partial charge is 0.497 e. The van der Waals surface area contributed by atoms with Crippen molar-refractivity contribution in [1.29, 1.82) is 0 Å². The maximum atomic E-state index is 12.3. The normalized spacial score (nSPS) is 11.1. The molecular formula is C24H24O3. The molecule has 138 valence electrons. The summed E-state index contributed by atoms with van der Waals surface area (Å²) in [5.41, 5.74) is 3.74. The number of hydrogen-bond acceptors (Lipinski definition) is 3. The highest BCUT2D eigenvalue weighted by atomic mass is 16.5. The van der Waals surface area contributed by atoms with Crippen molar-refractivity contribution in [2.45, 2.75) is 26.2 Å². The molecule has 0 radical (unpaired) electrons. The first-order chi connectivity index (χ1) is 12.9. The average Bonchev–Trinajstić information content (AvgIpc) is 2.68. The summed E-state index contributed by atoms with van der Waals surface area (Å²) in [5.74, 6) is 1.03. The van der Waals surface area contributed by atoms with Gasteiger partial charge < -0.3 is 9.47 Å². The van der Waals surface area contributed by atoms with Crippen LogP contribution in [0.15, 0.2) is 72.8 Å². The van der Waals surface area contributed by atoms with E-state index < -0.39 is 0 Å². The number of hydrogen-bond donors (Lipinski definition) is 0. The van der Waals surface area contributed by atoms with Gasteiger partial charge in [-0.25, -0.2) is 4.79 Å². The standard InChI is InChI=1S/C24H24O3/c1-17-6-5-7-18(16-17)23(25)27-22-14-10-20(11-15-22)24(2,3)19-8-12-21(26-4)13-9-19/h5-16H,1-4H3. The third-order valence-corrected chi connectivity index (χ3v) is 4.85. The first kappa shape index (κ1) is 18.7. The van der Waals surface area contributed by atoms with Crippen molar-refractivity contribution >= 4 is 5.97 Å². The number of esters is 1. The molecule has 0 aliphatic carbocycles. The van der Waals surface area contributed by atoms with E-state index in [-0.39, 0.29) is 11.4 Å². The summed E-state index contributed by atoms with van der Waals surface area (Å²) in [6.45, 7) is 6.29. The smallest absolute Gasteiger partial charge is 0.343 e. The molecule has 0 saturated carbocycles. The minimum absolute atomic E-state index is 0.175. The van der Waals surface area contributed by atoms with E-state index in [0.717, 1.165) is 16.9 Å². The molecule has 0 N–H and O–H groups in total. The maximum absolute atomic E-state index is 12.3. The van der Waals surface area contributed by atoms with Crippen LogP contribution in [0.3, 0.4) is 0 Å². The molecule has 0 aromatic heterocycles. The SMILES string of the molecule is COc1ccc(C(C)(C)c2ccc(OC(=O)c3cccc(C)c3)cc2)cc1. The van der Waals surface area contributed by atoms with Crippen LogP contribution in [0.5, 0.6) is 11.5 Å². The van der Waals surface area contributed by atoms with E-state index in [2.05, 4.69) is 26.0 Å². The monoisotopic (exact) mass is 360 g/mol. The Morgan fingerprint density at radius 1 is 0.815 bits per heavy atom. The topological polar surface area (TPSA) is 35.5 Å². The molecule has 0 amide bonds. The minimum atomic E-state index is -0.346. The second-order valence-electron chi connectivity index (χ2n) is 7.14. The van der Waals surface area contributed by atoms with Gasteiger partial charge in [0.1, 0.15) is 11.5 Å². The Hall–Kier alpha value is -3.07. The van der Waals surface area contributed by atoms with Crippen LogP contribution in [0.1, 0.15) is 40.9 Å². The number of carbonyl (C=O) groups is 1. The lowest BCUT2D eigenvalue weighted by Gasteiger charge is -2.26. The Morgan fingerprint density at radius 3 is 1.89 bits per heavy atom. The third kappa shape index (κ3) is 4.20. The van der Waals surface area contributed by atoms with Gasteiger partial charge in [0.05, 0.1) is 12.7 Å². The van der Waals surface area contributed by atoms with Crippen molar-refractivity contribution < 1.29 is 14.3 Å². The first-order valence-corrected chi connectivity index (χ1v) is 8.94. The minimum Gasteiger partial charge on any atom is -0.497 e.